The van der Waals surface area contributed by atoms with Gasteiger partial charge in [-0.15, -0.1) is 0 Å². The van der Waals surface area contributed by atoms with Gasteiger partial charge in [0.25, 0.3) is 0 Å². The van der Waals surface area contributed by atoms with E-state index in [1.54, 1.807) is 0 Å². The minimum absolute atomic E-state index is 0.289. The third-order valence-electron chi connectivity index (χ3n) is 33.4. The first-order valence-electron chi connectivity index (χ1n) is 47.2. The minimum atomic E-state index is 0.289. The van der Waals surface area contributed by atoms with E-state index in [1.165, 1.54) is 295 Å². The summed E-state index contributed by atoms with van der Waals surface area (Å²) in [5.74, 6) is 18.2. The van der Waals surface area contributed by atoms with Crippen molar-refractivity contribution in [2.75, 3.05) is 26.4 Å². The van der Waals surface area contributed by atoms with Gasteiger partial charge in [-0.2, -0.15) is 0 Å². The van der Waals surface area contributed by atoms with Crippen molar-refractivity contribution in [2.24, 2.45) is 142 Å². The molecule has 0 bridgehead atoms. The quantitative estimate of drug-likeness (QED) is 0.0601. The predicted molar refractivity (Wildman–Crippen MR) is 429 cm³/mol. The van der Waals surface area contributed by atoms with Crippen molar-refractivity contribution in [2.45, 2.75) is 413 Å². The first-order valence-corrected chi connectivity index (χ1v) is 47.2. The maximum Gasteiger partial charge on any atom is 0.0633 e. The number of allylic oxidation sites excluding steroid dienone is 4. The Bertz CT molecular complexity index is 2180. The molecule has 0 aromatic rings. The molecule has 102 heavy (non-hydrogen) atoms. The molecule has 13 fully saturated rings. The molecule has 0 spiro atoms. The number of rotatable bonds is 28. The van der Waals surface area contributed by atoms with Crippen LogP contribution in [0, 0.1) is 142 Å². The normalized spacial score (nSPS) is 45.7. The van der Waals surface area contributed by atoms with Crippen LogP contribution >= 0.6 is 0 Å². The molecule has 584 valence electrons. The predicted octanol–water partition coefficient (Wildman–Crippen LogP) is 25.1. The summed E-state index contributed by atoms with van der Waals surface area (Å²) in [6.07, 6.45) is 70.7. The molecule has 0 aromatic heterocycles. The minimum Gasteiger partial charge on any atom is -0.378 e. The monoisotopic (exact) mass is 1410 g/mol. The average Bonchev–Trinajstić information content (AvgIpc) is 0.726. The van der Waals surface area contributed by atoms with E-state index in [4.69, 9.17) is 29.6 Å². The molecule has 2 N–H and O–H groups in total. The summed E-state index contributed by atoms with van der Waals surface area (Å²) in [5, 5.41) is 10.4. The summed E-state index contributed by atoms with van der Waals surface area (Å²) in [6.45, 7) is 28.5. The van der Waals surface area contributed by atoms with Gasteiger partial charge in [-0.05, 0) is 297 Å². The van der Waals surface area contributed by atoms with Crippen molar-refractivity contribution in [1.29, 1.82) is 0 Å². The molecule has 0 aromatic carbocycles. The molecule has 0 radical (unpaired) electrons. The Labute approximate surface area is 631 Å². The smallest absolute Gasteiger partial charge is 0.0633 e. The molecule has 0 heterocycles. The highest BCUT2D eigenvalue weighted by molar-refractivity contribution is 5.20. The van der Waals surface area contributed by atoms with Gasteiger partial charge < -0.3 is 29.6 Å². The number of unbranched alkanes of at least 4 members (excludes halogenated alkanes) is 4. The second kappa shape index (κ2) is 38.9. The van der Waals surface area contributed by atoms with Gasteiger partial charge in [0.2, 0.25) is 0 Å². The molecular formula is C96H166N2O4. The van der Waals surface area contributed by atoms with E-state index >= 15 is 0 Å². The topological polar surface area (TPSA) is 61.0 Å². The second-order valence-corrected chi connectivity index (χ2v) is 40.8. The van der Waals surface area contributed by atoms with E-state index in [-0.39, 0.29) is 24.4 Å². The summed E-state index contributed by atoms with van der Waals surface area (Å²) in [4.78, 5) is 0. The third-order valence-corrected chi connectivity index (χ3v) is 33.4. The molecular weight excluding hydrogens is 1250 g/mol. The van der Waals surface area contributed by atoms with E-state index in [9.17, 15) is 0 Å². The van der Waals surface area contributed by atoms with Crippen molar-refractivity contribution in [3.05, 3.63) is 23.3 Å². The fourth-order valence-corrected chi connectivity index (χ4v) is 27.6. The van der Waals surface area contributed by atoms with Gasteiger partial charge in [0.1, 0.15) is 0 Å². The van der Waals surface area contributed by atoms with Gasteiger partial charge in [-0.25, -0.2) is 0 Å². The molecule has 13 aliphatic rings. The molecule has 6 heteroatoms. The van der Waals surface area contributed by atoms with Crippen LogP contribution in [0.1, 0.15) is 365 Å². The molecule has 13 rings (SSSR count). The van der Waals surface area contributed by atoms with Gasteiger partial charge in [-0.1, -0.05) is 221 Å². The standard InChI is InChI=1S/C96H166N2O4/c1-11-15-47-99-89-51-67(9)52-90(100-48-16-12-2)93(89)85-57-69(55-79(71-37-27-63(5)28-38-71)72-39-29-64(6)30-40-72)35-45-87(85)97-95-81-59-75-23-19-21-25-77(75)61-83(81)96(84-62-78-26-22-20-24-76(78)60-82(84)95)98-88-46-36-70(56-80(73-41-31-65(7)32-42-73)74-43-33-66(8)34-44-74)58-86(88)94-91(101-49-17-13-3)53-68(10)54-92(94)102-50-18-14-4/h55-56,63-78,81-98H,11-54,57-62H2,1-10H3. The lowest BCUT2D eigenvalue weighted by molar-refractivity contribution is -0.141. The largest absolute Gasteiger partial charge is 0.378 e. The highest BCUT2D eigenvalue weighted by Gasteiger charge is 2.59. The summed E-state index contributed by atoms with van der Waals surface area (Å²) in [5.41, 5.74) is 3.94. The van der Waals surface area contributed by atoms with Crippen molar-refractivity contribution < 1.29 is 18.9 Å². The molecule has 0 amide bonds. The lowest BCUT2D eigenvalue weighted by Gasteiger charge is -2.62. The van der Waals surface area contributed by atoms with Gasteiger partial charge in [0, 0.05) is 62.4 Å². The molecule has 13 saturated carbocycles. The van der Waals surface area contributed by atoms with Crippen LogP contribution in [0.2, 0.25) is 0 Å². The molecule has 0 saturated heterocycles. The van der Waals surface area contributed by atoms with Gasteiger partial charge in [0.05, 0.1) is 24.4 Å². The zero-order chi connectivity index (χ0) is 70.6. The van der Waals surface area contributed by atoms with Crippen LogP contribution in [0.15, 0.2) is 23.3 Å². The van der Waals surface area contributed by atoms with Gasteiger partial charge in [0.15, 0.2) is 0 Å². The maximum absolute atomic E-state index is 7.49. The van der Waals surface area contributed by atoms with Crippen molar-refractivity contribution >= 4 is 0 Å². The highest BCUT2D eigenvalue weighted by Crippen LogP contribution is 2.60. The average molecular weight is 1410 g/mol. The van der Waals surface area contributed by atoms with Crippen LogP contribution in [-0.4, -0.2) is 75.0 Å². The number of ether oxygens (including phenoxy) is 4. The fraction of sp³-hybridized carbons (Fsp3) is 0.958. The first kappa shape index (κ1) is 79.3. The Morgan fingerprint density at radius 2 is 0.549 bits per heavy atom. The van der Waals surface area contributed by atoms with Gasteiger partial charge in [-0.3, -0.25) is 0 Å². The Balaban J connectivity index is 0.880. The summed E-state index contributed by atoms with van der Waals surface area (Å²) >= 11 is 0. The van der Waals surface area contributed by atoms with Crippen LogP contribution in [0.4, 0.5) is 0 Å². The van der Waals surface area contributed by atoms with Crippen LogP contribution in [0.5, 0.6) is 0 Å². The Hall–Kier alpha value is -0.760. The van der Waals surface area contributed by atoms with Crippen molar-refractivity contribution in [1.82, 2.24) is 10.6 Å². The number of nitrogens with one attached hydrogen (secondary N) is 2. The Morgan fingerprint density at radius 3 is 0.804 bits per heavy atom. The number of hydrogen-bond donors (Lipinski definition) is 2. The van der Waals surface area contributed by atoms with Crippen LogP contribution < -0.4 is 10.6 Å². The molecule has 18 unspecified atom stereocenters. The fourth-order valence-electron chi connectivity index (χ4n) is 27.6. The molecule has 13 aliphatic carbocycles. The number of fused-ring (bicyclic) bond motifs is 4. The first-order chi connectivity index (χ1) is 49.8. The Morgan fingerprint density at radius 1 is 0.284 bits per heavy atom. The van der Waals surface area contributed by atoms with E-state index in [2.05, 4.69) is 81.4 Å². The SMILES string of the molecule is CCCCOC1CC(C)CC(OCCCC)C1C1CC(C=C(C2CCC(C)CC2)C2CCC(C)CC2)CCC1NC1C2CC3CCCCC3CC2C(NC2CCC(C=C(C3CCC(C)CC3)C3CCC(C)CC3)CC2C2C(OCCCC)CC(C)CC2OCCCC)C2CC3CCCCC3CC21. The lowest BCUT2D eigenvalue weighted by atomic mass is 9.48. The maximum atomic E-state index is 7.49. The number of hydrogen-bond acceptors (Lipinski definition) is 6. The lowest BCUT2D eigenvalue weighted by Crippen LogP contribution is -2.68. The molecule has 0 aliphatic heterocycles. The summed E-state index contributed by atoms with van der Waals surface area (Å²) < 4.78 is 30.0. The molecule has 6 nitrogen and oxygen atoms in total. The van der Waals surface area contributed by atoms with E-state index in [1.807, 2.05) is 11.1 Å². The van der Waals surface area contributed by atoms with E-state index < -0.39 is 0 Å². The zero-order valence-electron chi connectivity index (χ0n) is 68.6. The molecule has 18 atom stereocenters. The van der Waals surface area contributed by atoms with Crippen LogP contribution in [0.25, 0.3) is 0 Å². The van der Waals surface area contributed by atoms with Crippen LogP contribution in [-0.2, 0) is 18.9 Å². The summed E-state index contributed by atoms with van der Waals surface area (Å²) in [7, 11) is 0. The zero-order valence-corrected chi connectivity index (χ0v) is 68.6. The van der Waals surface area contributed by atoms with Crippen molar-refractivity contribution in [3.8, 4) is 0 Å². The third kappa shape index (κ3) is 19.9. The summed E-state index contributed by atoms with van der Waals surface area (Å²) in [6, 6.07) is 2.27. The second-order valence-electron chi connectivity index (χ2n) is 40.8. The van der Waals surface area contributed by atoms with Gasteiger partial charge >= 0.3 is 0 Å². The highest BCUT2D eigenvalue weighted by atomic mass is 16.5. The van der Waals surface area contributed by atoms with Crippen LogP contribution in [0.3, 0.4) is 0 Å². The van der Waals surface area contributed by atoms with E-state index in [0.717, 1.165) is 121 Å². The Kier molecular flexibility index (Phi) is 30.3. The van der Waals surface area contributed by atoms with E-state index in [0.29, 0.717) is 71.5 Å². The van der Waals surface area contributed by atoms with Crippen molar-refractivity contribution in [3.63, 3.8) is 0 Å².